The van der Waals surface area contributed by atoms with Gasteiger partial charge in [0.15, 0.2) is 0 Å². The molecule has 1 N–H and O–H groups in total. The highest BCUT2D eigenvalue weighted by molar-refractivity contribution is 5.72. The van der Waals surface area contributed by atoms with E-state index in [-0.39, 0.29) is 12.8 Å². The standard InChI is InChI=1S/C12H11FO3/c13-11-5-4-9(3-1-2-6-14)10(7-11)8-12(15)16/h1,3-7H,2,8H2,(H,15,16). The maximum atomic E-state index is 12.9. The quantitative estimate of drug-likeness (QED) is 0.776. The van der Waals surface area contributed by atoms with Crippen LogP contribution in [0.4, 0.5) is 4.39 Å². The van der Waals surface area contributed by atoms with Gasteiger partial charge in [0, 0.05) is 6.42 Å². The maximum absolute atomic E-state index is 12.9. The third-order valence-corrected chi connectivity index (χ3v) is 1.98. The van der Waals surface area contributed by atoms with Crippen LogP contribution < -0.4 is 0 Å². The summed E-state index contributed by atoms with van der Waals surface area (Å²) in [4.78, 5) is 20.7. The van der Waals surface area contributed by atoms with E-state index in [4.69, 9.17) is 5.11 Å². The number of rotatable bonds is 5. The van der Waals surface area contributed by atoms with Crippen molar-refractivity contribution in [2.24, 2.45) is 0 Å². The van der Waals surface area contributed by atoms with E-state index in [0.717, 1.165) is 6.29 Å². The summed E-state index contributed by atoms with van der Waals surface area (Å²) in [5, 5.41) is 8.65. The Balaban J connectivity index is 2.97. The number of halogens is 1. The van der Waals surface area contributed by atoms with Crippen molar-refractivity contribution in [1.82, 2.24) is 0 Å². The Morgan fingerprint density at radius 2 is 2.19 bits per heavy atom. The molecule has 0 atom stereocenters. The number of aldehydes is 1. The number of aliphatic carboxylic acids is 1. The first-order chi connectivity index (χ1) is 7.63. The number of benzene rings is 1. The zero-order chi connectivity index (χ0) is 12.0. The fourth-order valence-corrected chi connectivity index (χ4v) is 1.30. The maximum Gasteiger partial charge on any atom is 0.307 e. The number of carbonyl (C=O) groups excluding carboxylic acids is 1. The van der Waals surface area contributed by atoms with Gasteiger partial charge in [-0.1, -0.05) is 18.2 Å². The molecule has 0 saturated carbocycles. The van der Waals surface area contributed by atoms with E-state index in [2.05, 4.69) is 0 Å². The lowest BCUT2D eigenvalue weighted by molar-refractivity contribution is -0.136. The summed E-state index contributed by atoms with van der Waals surface area (Å²) in [6, 6.07) is 3.94. The van der Waals surface area contributed by atoms with Gasteiger partial charge in [0.1, 0.15) is 12.1 Å². The van der Waals surface area contributed by atoms with Gasteiger partial charge in [-0.15, -0.1) is 0 Å². The zero-order valence-electron chi connectivity index (χ0n) is 8.52. The van der Waals surface area contributed by atoms with E-state index in [1.165, 1.54) is 18.2 Å². The number of hydrogen-bond donors (Lipinski definition) is 1. The van der Waals surface area contributed by atoms with E-state index in [0.29, 0.717) is 11.1 Å². The Kier molecular flexibility index (Phi) is 4.39. The molecule has 0 saturated heterocycles. The Morgan fingerprint density at radius 1 is 1.44 bits per heavy atom. The molecular formula is C12H11FO3. The van der Waals surface area contributed by atoms with Gasteiger partial charge >= 0.3 is 5.97 Å². The van der Waals surface area contributed by atoms with Crippen LogP contribution in [-0.4, -0.2) is 17.4 Å². The lowest BCUT2D eigenvalue weighted by Gasteiger charge is -2.03. The van der Waals surface area contributed by atoms with Gasteiger partial charge in [-0.3, -0.25) is 4.79 Å². The molecule has 0 aliphatic heterocycles. The van der Waals surface area contributed by atoms with Crippen LogP contribution in [0, 0.1) is 5.82 Å². The van der Waals surface area contributed by atoms with Crippen molar-refractivity contribution >= 4 is 18.3 Å². The first kappa shape index (κ1) is 12.1. The highest BCUT2D eigenvalue weighted by Gasteiger charge is 2.06. The molecule has 1 aromatic carbocycles. The molecule has 16 heavy (non-hydrogen) atoms. The predicted molar refractivity (Wildman–Crippen MR) is 57.5 cm³/mol. The Bertz CT molecular complexity index is 424. The molecular weight excluding hydrogens is 211 g/mol. The smallest absolute Gasteiger partial charge is 0.307 e. The molecule has 0 spiro atoms. The SMILES string of the molecule is O=CCC=Cc1ccc(F)cc1CC(=O)O. The Labute approximate surface area is 92.2 Å². The summed E-state index contributed by atoms with van der Waals surface area (Å²) in [5.41, 5.74) is 1.01. The molecule has 0 aliphatic rings. The second kappa shape index (κ2) is 5.80. The number of carbonyl (C=O) groups is 2. The van der Waals surface area contributed by atoms with E-state index < -0.39 is 11.8 Å². The predicted octanol–water partition coefficient (Wildman–Crippen LogP) is 2.05. The van der Waals surface area contributed by atoms with Crippen molar-refractivity contribution < 1.29 is 19.1 Å². The minimum absolute atomic E-state index is 0.238. The molecule has 1 aromatic rings. The first-order valence-electron chi connectivity index (χ1n) is 4.74. The minimum atomic E-state index is -1.02. The van der Waals surface area contributed by atoms with Gasteiger partial charge in [0.25, 0.3) is 0 Å². The van der Waals surface area contributed by atoms with Crippen LogP contribution in [0.3, 0.4) is 0 Å². The normalized spacial score (nSPS) is 10.6. The van der Waals surface area contributed by atoms with Crippen molar-refractivity contribution in [1.29, 1.82) is 0 Å². The second-order valence-corrected chi connectivity index (χ2v) is 3.22. The molecule has 0 heterocycles. The molecule has 4 heteroatoms. The minimum Gasteiger partial charge on any atom is -0.481 e. The van der Waals surface area contributed by atoms with Gasteiger partial charge in [0.2, 0.25) is 0 Å². The van der Waals surface area contributed by atoms with E-state index >= 15 is 0 Å². The van der Waals surface area contributed by atoms with Gasteiger partial charge in [-0.2, -0.15) is 0 Å². The van der Waals surface area contributed by atoms with Crippen LogP contribution in [0.5, 0.6) is 0 Å². The van der Waals surface area contributed by atoms with Crippen molar-refractivity contribution in [2.75, 3.05) is 0 Å². The summed E-state index contributed by atoms with van der Waals surface area (Å²) in [7, 11) is 0. The fourth-order valence-electron chi connectivity index (χ4n) is 1.30. The summed E-state index contributed by atoms with van der Waals surface area (Å²) < 4.78 is 12.9. The average molecular weight is 222 g/mol. The van der Waals surface area contributed by atoms with Crippen molar-refractivity contribution in [2.45, 2.75) is 12.8 Å². The highest BCUT2D eigenvalue weighted by Crippen LogP contribution is 2.14. The molecule has 0 amide bonds. The Morgan fingerprint density at radius 3 is 2.81 bits per heavy atom. The average Bonchev–Trinajstić information content (AvgIpc) is 2.20. The largest absolute Gasteiger partial charge is 0.481 e. The lowest BCUT2D eigenvalue weighted by Crippen LogP contribution is -2.02. The Hall–Kier alpha value is -1.97. The number of hydrogen-bond acceptors (Lipinski definition) is 2. The topological polar surface area (TPSA) is 54.4 Å². The molecule has 1 rings (SSSR count). The third-order valence-electron chi connectivity index (χ3n) is 1.98. The molecule has 3 nitrogen and oxygen atoms in total. The van der Waals surface area contributed by atoms with Crippen LogP contribution in [0.25, 0.3) is 6.08 Å². The van der Waals surface area contributed by atoms with Crippen molar-refractivity contribution in [3.63, 3.8) is 0 Å². The van der Waals surface area contributed by atoms with Crippen LogP contribution in [0.1, 0.15) is 17.5 Å². The molecule has 0 unspecified atom stereocenters. The van der Waals surface area contributed by atoms with Gasteiger partial charge < -0.3 is 9.90 Å². The van der Waals surface area contributed by atoms with Gasteiger partial charge in [-0.25, -0.2) is 4.39 Å². The molecule has 0 bridgehead atoms. The van der Waals surface area contributed by atoms with Crippen molar-refractivity contribution in [3.8, 4) is 0 Å². The number of carboxylic acids is 1. The van der Waals surface area contributed by atoms with E-state index in [1.54, 1.807) is 12.2 Å². The molecule has 0 radical (unpaired) electrons. The molecule has 0 aromatic heterocycles. The lowest BCUT2D eigenvalue weighted by atomic mass is 10.0. The fraction of sp³-hybridized carbons (Fsp3) is 0.167. The molecule has 0 fully saturated rings. The van der Waals surface area contributed by atoms with Gasteiger partial charge in [0.05, 0.1) is 6.42 Å². The first-order valence-corrected chi connectivity index (χ1v) is 4.74. The summed E-state index contributed by atoms with van der Waals surface area (Å²) in [5.74, 6) is -1.49. The number of allylic oxidation sites excluding steroid dienone is 1. The van der Waals surface area contributed by atoms with Crippen LogP contribution in [0.15, 0.2) is 24.3 Å². The molecule has 84 valence electrons. The summed E-state index contributed by atoms with van der Waals surface area (Å²) in [6.07, 6.45) is 3.97. The van der Waals surface area contributed by atoms with Crippen LogP contribution in [-0.2, 0) is 16.0 Å². The summed E-state index contributed by atoms with van der Waals surface area (Å²) >= 11 is 0. The number of carboxylic acid groups (broad SMARTS) is 1. The third kappa shape index (κ3) is 3.65. The van der Waals surface area contributed by atoms with Crippen molar-refractivity contribution in [3.05, 3.63) is 41.2 Å². The van der Waals surface area contributed by atoms with E-state index in [1.807, 2.05) is 0 Å². The monoisotopic (exact) mass is 222 g/mol. The van der Waals surface area contributed by atoms with E-state index in [9.17, 15) is 14.0 Å². The molecule has 0 aliphatic carbocycles. The van der Waals surface area contributed by atoms with Gasteiger partial charge in [-0.05, 0) is 23.3 Å². The highest BCUT2D eigenvalue weighted by atomic mass is 19.1. The second-order valence-electron chi connectivity index (χ2n) is 3.22. The van der Waals surface area contributed by atoms with Crippen LogP contribution in [0.2, 0.25) is 0 Å². The van der Waals surface area contributed by atoms with Crippen LogP contribution >= 0.6 is 0 Å². The summed E-state index contributed by atoms with van der Waals surface area (Å²) in [6.45, 7) is 0. The zero-order valence-corrected chi connectivity index (χ0v) is 8.52.